The molecule has 8 nitrogen and oxygen atoms in total. The van der Waals surface area contributed by atoms with Crippen LogP contribution in [0, 0.1) is 13.8 Å². The fraction of sp³-hybridized carbons (Fsp3) is 0.464. The van der Waals surface area contributed by atoms with Gasteiger partial charge in [0.25, 0.3) is 5.91 Å². The van der Waals surface area contributed by atoms with Crippen LogP contribution in [0.15, 0.2) is 40.9 Å². The largest absolute Gasteiger partial charge is 0.356 e. The molecular weight excluding hydrogens is 454 g/mol. The first-order valence-electron chi connectivity index (χ1n) is 12.3. The second-order valence-electron chi connectivity index (χ2n) is 9.32. The molecule has 0 atom stereocenters. The zero-order valence-electron chi connectivity index (χ0n) is 21.1. The Labute approximate surface area is 214 Å². The summed E-state index contributed by atoms with van der Waals surface area (Å²) in [6.07, 6.45) is 3.12. The van der Waals surface area contributed by atoms with E-state index in [1.807, 2.05) is 48.0 Å². The Morgan fingerprint density at radius 2 is 1.78 bits per heavy atom. The molecule has 0 saturated heterocycles. The van der Waals surface area contributed by atoms with Gasteiger partial charge in [0.15, 0.2) is 5.58 Å². The Balaban J connectivity index is 0.00000361. The minimum atomic E-state index is -0.0987. The quantitative estimate of drug-likeness (QED) is 0.416. The summed E-state index contributed by atoms with van der Waals surface area (Å²) in [4.78, 5) is 28.0. The number of rotatable bonds is 10. The molecule has 36 heavy (non-hydrogen) atoms. The lowest BCUT2D eigenvalue weighted by atomic mass is 10.1. The van der Waals surface area contributed by atoms with Gasteiger partial charge in [-0.15, -0.1) is 0 Å². The van der Waals surface area contributed by atoms with Gasteiger partial charge in [-0.25, -0.2) is 5.01 Å². The summed E-state index contributed by atoms with van der Waals surface area (Å²) in [5, 5.41) is 11.7. The topological polar surface area (TPSA) is 81.9 Å². The highest BCUT2D eigenvalue weighted by atomic mass is 16.5. The third-order valence-electron chi connectivity index (χ3n) is 6.68. The molecule has 3 aromatic rings. The molecule has 0 spiro atoms. The number of hydrazine groups is 1. The van der Waals surface area contributed by atoms with Gasteiger partial charge in [-0.3, -0.25) is 14.6 Å². The molecule has 1 aliphatic heterocycles. The van der Waals surface area contributed by atoms with Gasteiger partial charge in [-0.05, 0) is 43.0 Å². The molecule has 194 valence electrons. The molecule has 2 aromatic carbocycles. The first-order valence-corrected chi connectivity index (χ1v) is 12.3. The zero-order chi connectivity index (χ0) is 24.9. The number of unbranched alkanes of at least 4 members (excludes halogenated alkanes) is 2. The molecule has 2 amide bonds. The first kappa shape index (κ1) is 27.2. The van der Waals surface area contributed by atoms with Crippen LogP contribution < -0.4 is 10.2 Å². The van der Waals surface area contributed by atoms with E-state index in [9.17, 15) is 9.59 Å². The molecule has 8 heteroatoms. The minimum Gasteiger partial charge on any atom is -0.356 e. The maximum absolute atomic E-state index is 13.4. The molecule has 0 aliphatic carbocycles. The van der Waals surface area contributed by atoms with Crippen LogP contribution >= 0.6 is 0 Å². The standard InChI is InChI=1S/C27H35N5O3.CH4/c1-5-6-9-12-28-26(33)17-31(24-14-25-23(13-19(24)2)20(3)29-35-25)18-27(34)30(4)32-15-21-10-7-8-11-22(21)16-32;/h7-8,10-11,13-14H,5-6,9,12,15-18H2,1-4H3,(H,28,33);1H4. The molecule has 0 unspecified atom stereocenters. The molecule has 2 heterocycles. The van der Waals surface area contributed by atoms with Crippen LogP contribution in [0.1, 0.15) is 56.0 Å². The minimum absolute atomic E-state index is 0. The van der Waals surface area contributed by atoms with Crippen molar-refractivity contribution in [1.82, 2.24) is 20.5 Å². The smallest absolute Gasteiger partial charge is 0.256 e. The lowest BCUT2D eigenvalue weighted by Crippen LogP contribution is -2.48. The number of benzene rings is 2. The van der Waals surface area contributed by atoms with E-state index < -0.39 is 0 Å². The number of carbonyl (C=O) groups is 2. The molecule has 0 bridgehead atoms. The number of aryl methyl sites for hydroxylation is 2. The molecule has 1 aromatic heterocycles. The van der Waals surface area contributed by atoms with Crippen molar-refractivity contribution in [3.8, 4) is 0 Å². The second-order valence-corrected chi connectivity index (χ2v) is 9.32. The number of aromatic nitrogens is 1. The van der Waals surface area contributed by atoms with Crippen molar-refractivity contribution < 1.29 is 14.1 Å². The van der Waals surface area contributed by atoms with Gasteiger partial charge in [-0.1, -0.05) is 56.6 Å². The van der Waals surface area contributed by atoms with E-state index in [1.165, 1.54) is 11.1 Å². The lowest BCUT2D eigenvalue weighted by molar-refractivity contribution is -0.145. The average Bonchev–Trinajstić information content (AvgIpc) is 3.44. The van der Waals surface area contributed by atoms with E-state index in [1.54, 1.807) is 12.1 Å². The SMILES string of the molecule is C.CCCCCNC(=O)CN(CC(=O)N(C)N1Cc2ccccc2C1)c1cc2onc(C)c2cc1C. The Morgan fingerprint density at radius 3 is 2.44 bits per heavy atom. The summed E-state index contributed by atoms with van der Waals surface area (Å²) in [5.74, 6) is -0.178. The molecule has 1 aliphatic rings. The molecule has 0 radical (unpaired) electrons. The number of nitrogens with one attached hydrogen (secondary N) is 1. The summed E-state index contributed by atoms with van der Waals surface area (Å²) >= 11 is 0. The van der Waals surface area contributed by atoms with Crippen LogP contribution in [0.5, 0.6) is 0 Å². The van der Waals surface area contributed by atoms with Crippen molar-refractivity contribution in [3.63, 3.8) is 0 Å². The van der Waals surface area contributed by atoms with Gasteiger partial charge < -0.3 is 14.7 Å². The van der Waals surface area contributed by atoms with E-state index in [0.29, 0.717) is 25.2 Å². The predicted octanol–water partition coefficient (Wildman–Crippen LogP) is 4.58. The van der Waals surface area contributed by atoms with E-state index in [0.717, 1.165) is 41.6 Å². The highest BCUT2D eigenvalue weighted by Crippen LogP contribution is 2.29. The van der Waals surface area contributed by atoms with Crippen molar-refractivity contribution in [2.45, 2.75) is 60.5 Å². The highest BCUT2D eigenvalue weighted by molar-refractivity contribution is 5.90. The van der Waals surface area contributed by atoms with Gasteiger partial charge in [0.1, 0.15) is 0 Å². The molecule has 4 rings (SSSR count). The van der Waals surface area contributed by atoms with Crippen molar-refractivity contribution in [3.05, 3.63) is 58.8 Å². The summed E-state index contributed by atoms with van der Waals surface area (Å²) < 4.78 is 5.48. The van der Waals surface area contributed by atoms with Gasteiger partial charge >= 0.3 is 0 Å². The van der Waals surface area contributed by atoms with Gasteiger partial charge in [0, 0.05) is 43.8 Å². The average molecular weight is 494 g/mol. The number of carbonyl (C=O) groups excluding carboxylic acids is 2. The number of likely N-dealkylation sites (N-methyl/N-ethyl adjacent to an activating group) is 1. The first-order chi connectivity index (χ1) is 16.9. The predicted molar refractivity (Wildman–Crippen MR) is 143 cm³/mol. The van der Waals surface area contributed by atoms with Gasteiger partial charge in [0.2, 0.25) is 5.91 Å². The van der Waals surface area contributed by atoms with Gasteiger partial charge in [0.05, 0.1) is 18.8 Å². The molecule has 0 fully saturated rings. The normalized spacial score (nSPS) is 12.8. The summed E-state index contributed by atoms with van der Waals surface area (Å²) in [6, 6.07) is 12.1. The molecular formula is C28H39N5O3. The number of amides is 2. The monoisotopic (exact) mass is 493 g/mol. The summed E-state index contributed by atoms with van der Waals surface area (Å²) in [7, 11) is 1.80. The van der Waals surface area contributed by atoms with Crippen molar-refractivity contribution in [1.29, 1.82) is 0 Å². The van der Waals surface area contributed by atoms with E-state index in [2.05, 4.69) is 29.5 Å². The molecule has 1 N–H and O–H groups in total. The van der Waals surface area contributed by atoms with Crippen LogP contribution in [-0.4, -0.2) is 53.7 Å². The number of hydrogen-bond acceptors (Lipinski definition) is 6. The lowest BCUT2D eigenvalue weighted by Gasteiger charge is -2.31. The number of anilines is 1. The Bertz CT molecular complexity index is 1180. The van der Waals surface area contributed by atoms with Gasteiger partial charge in [-0.2, -0.15) is 0 Å². The maximum Gasteiger partial charge on any atom is 0.256 e. The fourth-order valence-corrected chi connectivity index (χ4v) is 4.55. The van der Waals surface area contributed by atoms with Crippen LogP contribution in [0.25, 0.3) is 11.0 Å². The second kappa shape index (κ2) is 12.0. The van der Waals surface area contributed by atoms with Crippen LogP contribution in [0.2, 0.25) is 0 Å². The third-order valence-corrected chi connectivity index (χ3v) is 6.68. The summed E-state index contributed by atoms with van der Waals surface area (Å²) in [6.45, 7) is 8.21. The Kier molecular flexibility index (Phi) is 9.09. The van der Waals surface area contributed by atoms with E-state index in [4.69, 9.17) is 4.52 Å². The van der Waals surface area contributed by atoms with Crippen molar-refractivity contribution in [2.75, 3.05) is 31.6 Å². The van der Waals surface area contributed by atoms with Crippen molar-refractivity contribution >= 4 is 28.5 Å². The summed E-state index contributed by atoms with van der Waals surface area (Å²) in [5.41, 5.74) is 5.69. The Morgan fingerprint density at radius 1 is 1.08 bits per heavy atom. The van der Waals surface area contributed by atoms with Crippen LogP contribution in [0.4, 0.5) is 5.69 Å². The van der Waals surface area contributed by atoms with E-state index in [-0.39, 0.29) is 32.3 Å². The van der Waals surface area contributed by atoms with Crippen LogP contribution in [-0.2, 0) is 22.7 Å². The third kappa shape index (κ3) is 6.05. The fourth-order valence-electron chi connectivity index (χ4n) is 4.55. The maximum atomic E-state index is 13.4. The highest BCUT2D eigenvalue weighted by Gasteiger charge is 2.27. The van der Waals surface area contributed by atoms with Crippen molar-refractivity contribution in [2.24, 2.45) is 0 Å². The van der Waals surface area contributed by atoms with Crippen LogP contribution in [0.3, 0.4) is 0 Å². The zero-order valence-corrected chi connectivity index (χ0v) is 21.1. The number of hydrogen-bond donors (Lipinski definition) is 1. The Hall–Kier alpha value is -3.39. The van der Waals surface area contributed by atoms with E-state index >= 15 is 0 Å². The molecule has 0 saturated carbocycles. The number of fused-ring (bicyclic) bond motifs is 2. The number of nitrogens with zero attached hydrogens (tertiary/aromatic N) is 4.